The number of likely N-dealkylation sites (tertiary alicyclic amines) is 1. The summed E-state index contributed by atoms with van der Waals surface area (Å²) in [6, 6.07) is 7.96. The zero-order valence-electron chi connectivity index (χ0n) is 15.4. The monoisotopic (exact) mass is 353 g/mol. The molecule has 1 saturated heterocycles. The topological polar surface area (TPSA) is 63.1 Å². The van der Waals surface area contributed by atoms with Gasteiger partial charge in [-0.15, -0.1) is 5.10 Å². The molecular formula is C20H27N5O. The first-order valence-electron chi connectivity index (χ1n) is 9.72. The quantitative estimate of drug-likeness (QED) is 0.898. The Morgan fingerprint density at radius 3 is 2.85 bits per heavy atom. The third-order valence-corrected chi connectivity index (χ3v) is 5.77. The van der Waals surface area contributed by atoms with Crippen LogP contribution in [0.25, 0.3) is 5.69 Å². The van der Waals surface area contributed by atoms with Crippen molar-refractivity contribution in [1.82, 2.24) is 25.2 Å². The van der Waals surface area contributed by atoms with Gasteiger partial charge in [0.2, 0.25) is 0 Å². The summed E-state index contributed by atoms with van der Waals surface area (Å²) < 4.78 is 1.77. The molecule has 0 bridgehead atoms. The number of rotatable bonds is 5. The summed E-state index contributed by atoms with van der Waals surface area (Å²) in [5.74, 6) is 0.637. The molecule has 6 heteroatoms. The summed E-state index contributed by atoms with van der Waals surface area (Å²) in [5.41, 5.74) is 2.55. The lowest BCUT2D eigenvalue weighted by Gasteiger charge is -2.15. The van der Waals surface area contributed by atoms with Crippen molar-refractivity contribution >= 4 is 5.91 Å². The van der Waals surface area contributed by atoms with Crippen LogP contribution in [-0.4, -0.2) is 45.9 Å². The number of aromatic nitrogens is 3. The largest absolute Gasteiger partial charge is 0.352 e. The van der Waals surface area contributed by atoms with Gasteiger partial charge in [0, 0.05) is 12.1 Å². The molecule has 138 valence electrons. The molecule has 1 saturated carbocycles. The zero-order valence-corrected chi connectivity index (χ0v) is 15.4. The second-order valence-corrected chi connectivity index (χ2v) is 7.64. The van der Waals surface area contributed by atoms with E-state index < -0.39 is 0 Å². The van der Waals surface area contributed by atoms with Gasteiger partial charge in [0.1, 0.15) is 5.69 Å². The van der Waals surface area contributed by atoms with Crippen LogP contribution in [0.2, 0.25) is 0 Å². The second-order valence-electron chi connectivity index (χ2n) is 7.64. The Bertz CT molecular complexity index is 765. The normalized spacial score (nSPS) is 21.3. The van der Waals surface area contributed by atoms with E-state index in [-0.39, 0.29) is 5.91 Å². The van der Waals surface area contributed by atoms with Gasteiger partial charge in [-0.3, -0.25) is 9.69 Å². The Labute approximate surface area is 154 Å². The van der Waals surface area contributed by atoms with Gasteiger partial charge >= 0.3 is 0 Å². The maximum atomic E-state index is 12.5. The van der Waals surface area contributed by atoms with Crippen LogP contribution in [0.5, 0.6) is 0 Å². The molecule has 2 fully saturated rings. The Hall–Kier alpha value is -2.21. The molecule has 1 amide bonds. The SMILES string of the molecule is CN1CCCC1c1cn(-c2cccc(C(=O)NCC3CCCC3)c2)nn1. The number of hydrogen-bond donors (Lipinski definition) is 1. The van der Waals surface area contributed by atoms with Crippen molar-refractivity contribution in [2.24, 2.45) is 5.92 Å². The minimum absolute atomic E-state index is 0.00499. The standard InChI is InChI=1S/C20H27N5O/c1-24-11-5-10-19(24)18-14-25(23-22-18)17-9-4-8-16(12-17)20(26)21-13-15-6-2-3-7-15/h4,8-9,12,14-15,19H,2-3,5-7,10-11,13H2,1H3,(H,21,26). The van der Waals surface area contributed by atoms with Crippen molar-refractivity contribution in [3.63, 3.8) is 0 Å². The number of nitrogens with one attached hydrogen (secondary N) is 1. The fraction of sp³-hybridized carbons (Fsp3) is 0.550. The fourth-order valence-corrected chi connectivity index (χ4v) is 4.18. The van der Waals surface area contributed by atoms with Gasteiger partial charge < -0.3 is 5.32 Å². The molecule has 4 rings (SSSR count). The first kappa shape index (κ1) is 17.2. The molecule has 0 spiro atoms. The number of carbonyl (C=O) groups is 1. The molecular weight excluding hydrogens is 326 g/mol. The lowest BCUT2D eigenvalue weighted by molar-refractivity contribution is 0.0947. The molecule has 1 N–H and O–H groups in total. The van der Waals surface area contributed by atoms with E-state index in [9.17, 15) is 4.79 Å². The van der Waals surface area contributed by atoms with Crippen molar-refractivity contribution in [3.05, 3.63) is 41.7 Å². The lowest BCUT2D eigenvalue weighted by atomic mass is 10.1. The molecule has 2 heterocycles. The summed E-state index contributed by atoms with van der Waals surface area (Å²) in [7, 11) is 2.13. The lowest BCUT2D eigenvalue weighted by Crippen LogP contribution is -2.28. The molecule has 1 atom stereocenters. The van der Waals surface area contributed by atoms with Crippen LogP contribution in [0.3, 0.4) is 0 Å². The van der Waals surface area contributed by atoms with E-state index in [0.717, 1.165) is 30.9 Å². The molecule has 1 aromatic carbocycles. The van der Waals surface area contributed by atoms with Gasteiger partial charge in [-0.2, -0.15) is 0 Å². The van der Waals surface area contributed by atoms with Crippen LogP contribution in [0.4, 0.5) is 0 Å². The average Bonchev–Trinajstić information content (AvgIpc) is 3.41. The number of benzene rings is 1. The van der Waals surface area contributed by atoms with Crippen molar-refractivity contribution in [1.29, 1.82) is 0 Å². The van der Waals surface area contributed by atoms with Gasteiger partial charge in [0.05, 0.1) is 17.9 Å². The predicted molar refractivity (Wildman–Crippen MR) is 100 cm³/mol. The molecule has 1 aliphatic carbocycles. The van der Waals surface area contributed by atoms with E-state index in [1.165, 1.54) is 32.1 Å². The Balaban J connectivity index is 1.45. The highest BCUT2D eigenvalue weighted by atomic mass is 16.1. The summed E-state index contributed by atoms with van der Waals surface area (Å²) in [4.78, 5) is 14.8. The maximum absolute atomic E-state index is 12.5. The van der Waals surface area contributed by atoms with Crippen molar-refractivity contribution in [3.8, 4) is 5.69 Å². The fourth-order valence-electron chi connectivity index (χ4n) is 4.18. The predicted octanol–water partition coefficient (Wildman–Crippen LogP) is 2.95. The van der Waals surface area contributed by atoms with Crippen LogP contribution in [0.1, 0.15) is 60.6 Å². The molecule has 1 unspecified atom stereocenters. The Morgan fingerprint density at radius 1 is 1.23 bits per heavy atom. The van der Waals surface area contributed by atoms with Gasteiger partial charge in [-0.25, -0.2) is 4.68 Å². The highest BCUT2D eigenvalue weighted by Gasteiger charge is 2.25. The molecule has 1 aromatic heterocycles. The minimum Gasteiger partial charge on any atom is -0.352 e. The third-order valence-electron chi connectivity index (χ3n) is 5.77. The molecule has 0 radical (unpaired) electrons. The van der Waals surface area contributed by atoms with E-state index in [2.05, 4.69) is 27.6 Å². The number of carbonyl (C=O) groups excluding carboxylic acids is 1. The number of hydrogen-bond acceptors (Lipinski definition) is 4. The Kier molecular flexibility index (Phi) is 5.02. The summed E-state index contributed by atoms with van der Waals surface area (Å²) in [5, 5.41) is 11.7. The summed E-state index contributed by atoms with van der Waals surface area (Å²) in [6.45, 7) is 1.89. The molecule has 2 aromatic rings. The number of nitrogens with zero attached hydrogens (tertiary/aromatic N) is 4. The van der Waals surface area contributed by atoms with E-state index in [4.69, 9.17) is 0 Å². The molecule has 2 aliphatic rings. The Morgan fingerprint density at radius 2 is 2.08 bits per heavy atom. The molecule has 26 heavy (non-hydrogen) atoms. The first-order valence-corrected chi connectivity index (χ1v) is 9.72. The van der Waals surface area contributed by atoms with E-state index in [0.29, 0.717) is 17.5 Å². The highest BCUT2D eigenvalue weighted by molar-refractivity contribution is 5.94. The van der Waals surface area contributed by atoms with Crippen molar-refractivity contribution in [2.45, 2.75) is 44.6 Å². The summed E-state index contributed by atoms with van der Waals surface area (Å²) in [6.07, 6.45) is 9.36. The maximum Gasteiger partial charge on any atom is 0.251 e. The van der Waals surface area contributed by atoms with Gasteiger partial charge in [-0.05, 0) is 63.4 Å². The third kappa shape index (κ3) is 3.65. The molecule has 1 aliphatic heterocycles. The van der Waals surface area contributed by atoms with Crippen LogP contribution in [-0.2, 0) is 0 Å². The van der Waals surface area contributed by atoms with Crippen LogP contribution in [0, 0.1) is 5.92 Å². The minimum atomic E-state index is -0.00499. The molecule has 6 nitrogen and oxygen atoms in total. The van der Waals surface area contributed by atoms with Crippen LogP contribution < -0.4 is 5.32 Å². The van der Waals surface area contributed by atoms with Gasteiger partial charge in [0.15, 0.2) is 0 Å². The highest BCUT2D eigenvalue weighted by Crippen LogP contribution is 2.29. The van der Waals surface area contributed by atoms with Crippen molar-refractivity contribution in [2.75, 3.05) is 20.1 Å². The van der Waals surface area contributed by atoms with Crippen molar-refractivity contribution < 1.29 is 4.79 Å². The van der Waals surface area contributed by atoms with Crippen LogP contribution >= 0.6 is 0 Å². The van der Waals surface area contributed by atoms with Gasteiger partial charge in [0.25, 0.3) is 5.91 Å². The smallest absolute Gasteiger partial charge is 0.251 e. The first-order chi connectivity index (χ1) is 12.7. The van der Waals surface area contributed by atoms with Gasteiger partial charge in [-0.1, -0.05) is 24.1 Å². The average molecular weight is 353 g/mol. The zero-order chi connectivity index (χ0) is 17.9. The van der Waals surface area contributed by atoms with E-state index in [1.54, 1.807) is 4.68 Å². The number of amides is 1. The second kappa shape index (κ2) is 7.58. The van der Waals surface area contributed by atoms with E-state index in [1.807, 2.05) is 30.5 Å². The van der Waals surface area contributed by atoms with E-state index >= 15 is 0 Å². The summed E-state index contributed by atoms with van der Waals surface area (Å²) >= 11 is 0. The van der Waals surface area contributed by atoms with Crippen LogP contribution in [0.15, 0.2) is 30.5 Å².